The summed E-state index contributed by atoms with van der Waals surface area (Å²) < 4.78 is 12.9. The van der Waals surface area contributed by atoms with Crippen molar-refractivity contribution in [2.24, 2.45) is 0 Å². The molecule has 1 atom stereocenters. The van der Waals surface area contributed by atoms with Crippen LogP contribution < -0.4 is 0 Å². The van der Waals surface area contributed by atoms with Gasteiger partial charge in [0.05, 0.1) is 19.3 Å². The number of rotatable bonds is 2. The summed E-state index contributed by atoms with van der Waals surface area (Å²) in [6.45, 7) is 5.66. The second-order valence-corrected chi connectivity index (χ2v) is 6.36. The molecule has 8 nitrogen and oxygen atoms in total. The van der Waals surface area contributed by atoms with Gasteiger partial charge in [-0.1, -0.05) is 0 Å². The monoisotopic (exact) mass is 331 g/mol. The Morgan fingerprint density at radius 2 is 2.00 bits per heavy atom. The van der Waals surface area contributed by atoms with Gasteiger partial charge in [-0.25, -0.2) is 9.50 Å². The third-order valence-corrected chi connectivity index (χ3v) is 4.58. The number of carbonyl (C=O) groups excluding carboxylic acids is 1. The molecule has 2 aliphatic heterocycles. The van der Waals surface area contributed by atoms with Gasteiger partial charge < -0.3 is 14.4 Å². The predicted molar refractivity (Wildman–Crippen MR) is 84.6 cm³/mol. The number of amides is 1. The van der Waals surface area contributed by atoms with Crippen molar-refractivity contribution in [3.05, 3.63) is 23.3 Å². The normalized spacial score (nSPS) is 22.4. The van der Waals surface area contributed by atoms with Crippen molar-refractivity contribution in [2.45, 2.75) is 45.4 Å². The molecule has 128 valence electrons. The number of fused-ring (bicyclic) bond motifs is 1. The number of aryl methyl sites for hydroxylation is 2. The predicted octanol–water partition coefficient (Wildman–Crippen LogP) is 1.11. The summed E-state index contributed by atoms with van der Waals surface area (Å²) in [6.07, 6.45) is 2.57. The summed E-state index contributed by atoms with van der Waals surface area (Å²) in [6, 6.07) is 1.84. The molecule has 2 aromatic rings. The Labute approximate surface area is 139 Å². The number of aromatic nitrogens is 4. The van der Waals surface area contributed by atoms with Crippen molar-refractivity contribution < 1.29 is 14.3 Å². The minimum atomic E-state index is -0.339. The number of carbonyl (C=O) groups is 1. The van der Waals surface area contributed by atoms with Crippen LogP contribution in [0.1, 0.15) is 41.3 Å². The van der Waals surface area contributed by atoms with Crippen LogP contribution >= 0.6 is 0 Å². The average molecular weight is 331 g/mol. The fourth-order valence-corrected chi connectivity index (χ4v) is 3.48. The van der Waals surface area contributed by atoms with Crippen LogP contribution in [0.15, 0.2) is 6.07 Å². The van der Waals surface area contributed by atoms with Crippen molar-refractivity contribution in [2.75, 3.05) is 19.8 Å². The van der Waals surface area contributed by atoms with Crippen molar-refractivity contribution in [3.63, 3.8) is 0 Å². The minimum absolute atomic E-state index is 0.0730. The SMILES string of the molecule is Cc1cc(C)n2nc(C(=O)N3CCCCC3C3OCCO3)nc2n1. The van der Waals surface area contributed by atoms with Crippen LogP contribution in [-0.2, 0) is 9.47 Å². The average Bonchev–Trinajstić information content (AvgIpc) is 3.23. The van der Waals surface area contributed by atoms with Gasteiger partial charge in [0.15, 0.2) is 6.29 Å². The van der Waals surface area contributed by atoms with E-state index in [1.807, 2.05) is 19.9 Å². The number of likely N-dealkylation sites (tertiary alicyclic amines) is 1. The maximum Gasteiger partial charge on any atom is 0.294 e. The van der Waals surface area contributed by atoms with E-state index in [2.05, 4.69) is 15.1 Å². The summed E-state index contributed by atoms with van der Waals surface area (Å²) in [5.74, 6) is 0.459. The molecule has 0 aliphatic carbocycles. The molecular formula is C16H21N5O3. The van der Waals surface area contributed by atoms with E-state index in [1.54, 1.807) is 9.42 Å². The largest absolute Gasteiger partial charge is 0.348 e. The maximum absolute atomic E-state index is 13.0. The lowest BCUT2D eigenvalue weighted by atomic mass is 10.0. The van der Waals surface area contributed by atoms with E-state index >= 15 is 0 Å². The molecule has 1 unspecified atom stereocenters. The molecule has 2 fully saturated rings. The molecule has 0 radical (unpaired) electrons. The molecule has 24 heavy (non-hydrogen) atoms. The Bertz CT molecular complexity index is 768. The number of hydrogen-bond donors (Lipinski definition) is 0. The fourth-order valence-electron chi connectivity index (χ4n) is 3.48. The third-order valence-electron chi connectivity index (χ3n) is 4.58. The van der Waals surface area contributed by atoms with Gasteiger partial charge in [-0.3, -0.25) is 4.79 Å². The van der Waals surface area contributed by atoms with E-state index in [4.69, 9.17) is 9.47 Å². The molecule has 2 saturated heterocycles. The summed E-state index contributed by atoms with van der Waals surface area (Å²) >= 11 is 0. The zero-order valence-corrected chi connectivity index (χ0v) is 13.9. The lowest BCUT2D eigenvalue weighted by molar-refractivity contribution is -0.100. The molecule has 2 aliphatic rings. The zero-order valence-electron chi connectivity index (χ0n) is 13.9. The van der Waals surface area contributed by atoms with E-state index in [1.165, 1.54) is 0 Å². The molecule has 4 rings (SSSR count). The van der Waals surface area contributed by atoms with Crippen molar-refractivity contribution in [1.82, 2.24) is 24.5 Å². The third kappa shape index (κ3) is 2.65. The highest BCUT2D eigenvalue weighted by Crippen LogP contribution is 2.25. The Hall–Kier alpha value is -2.06. The molecule has 2 aromatic heterocycles. The first-order valence-electron chi connectivity index (χ1n) is 8.39. The topological polar surface area (TPSA) is 81.9 Å². The number of ether oxygens (including phenoxy) is 2. The van der Waals surface area contributed by atoms with Crippen LogP contribution in [-0.4, -0.2) is 62.5 Å². The maximum atomic E-state index is 13.0. The smallest absolute Gasteiger partial charge is 0.294 e. The fraction of sp³-hybridized carbons (Fsp3) is 0.625. The highest BCUT2D eigenvalue weighted by Gasteiger charge is 2.37. The van der Waals surface area contributed by atoms with Crippen molar-refractivity contribution in [3.8, 4) is 0 Å². The summed E-state index contributed by atoms with van der Waals surface area (Å²) in [5, 5.41) is 4.36. The number of hydrogen-bond acceptors (Lipinski definition) is 6. The van der Waals surface area contributed by atoms with Gasteiger partial charge in [-0.15, -0.1) is 5.10 Å². The van der Waals surface area contributed by atoms with E-state index < -0.39 is 0 Å². The summed E-state index contributed by atoms with van der Waals surface area (Å²) in [4.78, 5) is 23.5. The molecule has 0 N–H and O–H groups in total. The molecule has 0 aromatic carbocycles. The standard InChI is InChI=1S/C16H21N5O3/c1-10-9-11(2)21-16(17-10)18-13(19-21)14(22)20-6-4-3-5-12(20)15-23-7-8-24-15/h9,12,15H,3-8H2,1-2H3. The molecule has 0 spiro atoms. The van der Waals surface area contributed by atoms with E-state index in [0.29, 0.717) is 25.5 Å². The molecular weight excluding hydrogens is 310 g/mol. The Kier molecular flexibility index (Phi) is 3.93. The Morgan fingerprint density at radius 3 is 2.79 bits per heavy atom. The molecule has 8 heteroatoms. The van der Waals surface area contributed by atoms with Crippen molar-refractivity contribution >= 4 is 11.7 Å². The van der Waals surface area contributed by atoms with Gasteiger partial charge in [-0.2, -0.15) is 4.98 Å². The van der Waals surface area contributed by atoms with E-state index in [0.717, 1.165) is 30.7 Å². The van der Waals surface area contributed by atoms with Gasteiger partial charge in [0.2, 0.25) is 5.82 Å². The van der Waals surface area contributed by atoms with Crippen LogP contribution in [0.4, 0.5) is 0 Å². The lowest BCUT2D eigenvalue weighted by Crippen LogP contribution is -2.50. The van der Waals surface area contributed by atoms with E-state index in [-0.39, 0.29) is 24.1 Å². The van der Waals surface area contributed by atoms with Gasteiger partial charge in [0.25, 0.3) is 11.7 Å². The van der Waals surface area contributed by atoms with E-state index in [9.17, 15) is 4.79 Å². The highest BCUT2D eigenvalue weighted by atomic mass is 16.7. The quantitative estimate of drug-likeness (QED) is 0.820. The number of piperidine rings is 1. The first-order chi connectivity index (χ1) is 11.6. The molecule has 0 saturated carbocycles. The van der Waals surface area contributed by atoms with Gasteiger partial charge in [-0.05, 0) is 39.2 Å². The van der Waals surface area contributed by atoms with Crippen LogP contribution in [0.2, 0.25) is 0 Å². The van der Waals surface area contributed by atoms with Crippen LogP contribution in [0.25, 0.3) is 5.78 Å². The lowest BCUT2D eigenvalue weighted by Gasteiger charge is -2.37. The Morgan fingerprint density at radius 1 is 1.21 bits per heavy atom. The second-order valence-electron chi connectivity index (χ2n) is 6.36. The Balaban J connectivity index is 1.65. The molecule has 0 bridgehead atoms. The van der Waals surface area contributed by atoms with Gasteiger partial charge in [0.1, 0.15) is 0 Å². The zero-order chi connectivity index (χ0) is 16.7. The van der Waals surface area contributed by atoms with Crippen LogP contribution in [0.3, 0.4) is 0 Å². The molecule has 1 amide bonds. The first kappa shape index (κ1) is 15.5. The second kappa shape index (κ2) is 6.10. The van der Waals surface area contributed by atoms with Crippen LogP contribution in [0.5, 0.6) is 0 Å². The number of nitrogens with zero attached hydrogens (tertiary/aromatic N) is 5. The highest BCUT2D eigenvalue weighted by molar-refractivity contribution is 5.91. The van der Waals surface area contributed by atoms with Crippen LogP contribution in [0, 0.1) is 13.8 Å². The summed E-state index contributed by atoms with van der Waals surface area (Å²) in [5.41, 5.74) is 1.76. The van der Waals surface area contributed by atoms with Crippen molar-refractivity contribution in [1.29, 1.82) is 0 Å². The minimum Gasteiger partial charge on any atom is -0.348 e. The van der Waals surface area contributed by atoms with Gasteiger partial charge in [0, 0.05) is 17.9 Å². The summed E-state index contributed by atoms with van der Waals surface area (Å²) in [7, 11) is 0. The van der Waals surface area contributed by atoms with Gasteiger partial charge >= 0.3 is 0 Å². The first-order valence-corrected chi connectivity index (χ1v) is 8.39. The molecule has 4 heterocycles.